The van der Waals surface area contributed by atoms with Crippen molar-refractivity contribution in [3.63, 3.8) is 0 Å². The zero-order valence-electron chi connectivity index (χ0n) is 8.87. The number of rotatable bonds is 2. The van der Waals surface area contributed by atoms with Gasteiger partial charge in [-0.25, -0.2) is 12.8 Å². The molecule has 0 heterocycles. The van der Waals surface area contributed by atoms with Gasteiger partial charge >= 0.3 is 0 Å². The van der Waals surface area contributed by atoms with Gasteiger partial charge in [0.15, 0.2) is 0 Å². The van der Waals surface area contributed by atoms with Gasteiger partial charge in [0.25, 0.3) is 15.0 Å². The molecule has 1 aromatic carbocycles. The zero-order chi connectivity index (χ0) is 13.4. The van der Waals surface area contributed by atoms with Crippen LogP contribution in [0, 0.1) is 5.82 Å². The van der Waals surface area contributed by atoms with Crippen molar-refractivity contribution in [2.75, 3.05) is 14.1 Å². The Morgan fingerprint density at radius 1 is 1.41 bits per heavy atom. The SMILES string of the molecule is CN(C)C(=O)c1cc(F)c(Br)c(S(=O)(=O)Cl)c1. The second kappa shape index (κ2) is 4.91. The maximum absolute atomic E-state index is 13.5. The van der Waals surface area contributed by atoms with E-state index in [0.717, 1.165) is 12.1 Å². The maximum Gasteiger partial charge on any atom is 0.262 e. The quantitative estimate of drug-likeness (QED) is 0.773. The van der Waals surface area contributed by atoms with Crippen LogP contribution >= 0.6 is 26.6 Å². The lowest BCUT2D eigenvalue weighted by Gasteiger charge is -2.11. The topological polar surface area (TPSA) is 54.5 Å². The molecule has 4 nitrogen and oxygen atoms in total. The Labute approximate surface area is 111 Å². The third-order valence-electron chi connectivity index (χ3n) is 1.91. The molecule has 0 saturated heterocycles. The predicted octanol–water partition coefficient (Wildman–Crippen LogP) is 2.22. The minimum Gasteiger partial charge on any atom is -0.345 e. The number of nitrogens with zero attached hydrogens (tertiary/aromatic N) is 1. The summed E-state index contributed by atoms with van der Waals surface area (Å²) in [6, 6.07) is 1.97. The average molecular weight is 345 g/mol. The Morgan fingerprint density at radius 2 is 1.94 bits per heavy atom. The summed E-state index contributed by atoms with van der Waals surface area (Å²) in [5.74, 6) is -1.38. The minimum absolute atomic E-state index is 0.0880. The lowest BCUT2D eigenvalue weighted by Crippen LogP contribution is -2.22. The van der Waals surface area contributed by atoms with E-state index in [9.17, 15) is 17.6 Å². The van der Waals surface area contributed by atoms with E-state index in [-0.39, 0.29) is 10.0 Å². The molecular weight excluding hydrogens is 337 g/mol. The van der Waals surface area contributed by atoms with Crippen LogP contribution in [-0.2, 0) is 9.05 Å². The molecule has 1 aromatic rings. The number of hydrogen-bond acceptors (Lipinski definition) is 3. The van der Waals surface area contributed by atoms with Gasteiger partial charge < -0.3 is 4.90 Å². The van der Waals surface area contributed by atoms with Gasteiger partial charge in [-0.05, 0) is 28.1 Å². The largest absolute Gasteiger partial charge is 0.345 e. The summed E-state index contributed by atoms with van der Waals surface area (Å²) >= 11 is 2.77. The van der Waals surface area contributed by atoms with Crippen LogP contribution in [0.15, 0.2) is 21.5 Å². The van der Waals surface area contributed by atoms with E-state index in [1.54, 1.807) is 0 Å². The number of hydrogen-bond donors (Lipinski definition) is 0. The van der Waals surface area contributed by atoms with Gasteiger partial charge in [0, 0.05) is 30.3 Å². The second-order valence-electron chi connectivity index (χ2n) is 3.41. The molecular formula is C9H8BrClFNO3S. The van der Waals surface area contributed by atoms with Gasteiger partial charge in [-0.15, -0.1) is 0 Å². The monoisotopic (exact) mass is 343 g/mol. The van der Waals surface area contributed by atoms with Crippen LogP contribution in [0.2, 0.25) is 0 Å². The van der Waals surface area contributed by atoms with Gasteiger partial charge in [-0.2, -0.15) is 0 Å². The van der Waals surface area contributed by atoms with Crippen molar-refractivity contribution in [2.45, 2.75) is 4.90 Å². The number of benzene rings is 1. The molecule has 0 aliphatic rings. The molecule has 1 rings (SSSR count). The number of carbonyl (C=O) groups is 1. The molecule has 17 heavy (non-hydrogen) atoms. The van der Waals surface area contributed by atoms with E-state index in [4.69, 9.17) is 10.7 Å². The summed E-state index contributed by atoms with van der Waals surface area (Å²) in [5.41, 5.74) is -0.0880. The summed E-state index contributed by atoms with van der Waals surface area (Å²) in [6.07, 6.45) is 0. The van der Waals surface area contributed by atoms with E-state index in [1.165, 1.54) is 19.0 Å². The van der Waals surface area contributed by atoms with Crippen molar-refractivity contribution in [1.82, 2.24) is 4.90 Å². The Hall–Kier alpha value is -0.660. The molecule has 0 aliphatic carbocycles. The Morgan fingerprint density at radius 3 is 2.35 bits per heavy atom. The first-order valence-corrected chi connectivity index (χ1v) is 7.40. The van der Waals surface area contributed by atoms with Crippen LogP contribution in [0.1, 0.15) is 10.4 Å². The van der Waals surface area contributed by atoms with E-state index in [1.807, 2.05) is 0 Å². The van der Waals surface area contributed by atoms with Crippen LogP contribution in [-0.4, -0.2) is 33.3 Å². The third kappa shape index (κ3) is 3.17. The number of amides is 1. The first kappa shape index (κ1) is 14.4. The van der Waals surface area contributed by atoms with Crippen molar-refractivity contribution in [3.8, 4) is 0 Å². The molecule has 0 saturated carbocycles. The Balaban J connectivity index is 3.50. The molecule has 0 aromatic heterocycles. The van der Waals surface area contributed by atoms with E-state index in [0.29, 0.717) is 0 Å². The van der Waals surface area contributed by atoms with Gasteiger partial charge in [0.05, 0.1) is 4.47 Å². The highest BCUT2D eigenvalue weighted by molar-refractivity contribution is 9.10. The Bertz CT molecular complexity index is 574. The molecule has 1 amide bonds. The van der Waals surface area contributed by atoms with Crippen LogP contribution < -0.4 is 0 Å². The highest BCUT2D eigenvalue weighted by Gasteiger charge is 2.21. The summed E-state index contributed by atoms with van der Waals surface area (Å²) in [7, 11) is 3.96. The lowest BCUT2D eigenvalue weighted by atomic mass is 10.2. The molecule has 0 unspecified atom stereocenters. The number of halogens is 3. The van der Waals surface area contributed by atoms with Gasteiger partial charge in [0.1, 0.15) is 10.7 Å². The lowest BCUT2D eigenvalue weighted by molar-refractivity contribution is 0.0827. The summed E-state index contributed by atoms with van der Waals surface area (Å²) in [4.78, 5) is 12.3. The maximum atomic E-state index is 13.5. The van der Waals surface area contributed by atoms with Gasteiger partial charge in [0.2, 0.25) is 0 Å². The smallest absolute Gasteiger partial charge is 0.262 e. The molecule has 0 fully saturated rings. The Kier molecular flexibility index (Phi) is 4.16. The molecule has 0 spiro atoms. The van der Waals surface area contributed by atoms with Crippen LogP contribution in [0.5, 0.6) is 0 Å². The van der Waals surface area contributed by atoms with Crippen LogP contribution in [0.4, 0.5) is 4.39 Å². The fraction of sp³-hybridized carbons (Fsp3) is 0.222. The molecule has 0 N–H and O–H groups in total. The summed E-state index contributed by atoms with van der Waals surface area (Å²) in [5, 5.41) is 0. The molecule has 0 atom stereocenters. The van der Waals surface area contributed by atoms with Crippen molar-refractivity contribution < 1.29 is 17.6 Å². The number of carbonyl (C=O) groups excluding carboxylic acids is 1. The first-order chi connectivity index (χ1) is 7.64. The molecule has 0 bridgehead atoms. The normalized spacial score (nSPS) is 11.4. The standard InChI is InChI=1S/C9H8BrClFNO3S/c1-13(2)9(14)5-3-6(12)8(10)7(4-5)17(11,15)16/h3-4H,1-2H3. The van der Waals surface area contributed by atoms with E-state index in [2.05, 4.69) is 15.9 Å². The van der Waals surface area contributed by atoms with Crippen LogP contribution in [0.3, 0.4) is 0 Å². The zero-order valence-corrected chi connectivity index (χ0v) is 12.0. The highest BCUT2D eigenvalue weighted by atomic mass is 79.9. The third-order valence-corrected chi connectivity index (χ3v) is 4.33. The van der Waals surface area contributed by atoms with E-state index >= 15 is 0 Å². The molecule has 0 radical (unpaired) electrons. The summed E-state index contributed by atoms with van der Waals surface area (Å²) in [6.45, 7) is 0. The van der Waals surface area contributed by atoms with Crippen LogP contribution in [0.25, 0.3) is 0 Å². The van der Waals surface area contributed by atoms with Crippen molar-refractivity contribution >= 4 is 41.6 Å². The summed E-state index contributed by atoms with van der Waals surface area (Å²) < 4.78 is 35.6. The van der Waals surface area contributed by atoms with Crippen molar-refractivity contribution in [1.29, 1.82) is 0 Å². The molecule has 8 heteroatoms. The fourth-order valence-electron chi connectivity index (χ4n) is 1.12. The first-order valence-electron chi connectivity index (χ1n) is 4.30. The van der Waals surface area contributed by atoms with E-state index < -0.39 is 25.7 Å². The predicted molar refractivity (Wildman–Crippen MR) is 65.2 cm³/mol. The average Bonchev–Trinajstić information content (AvgIpc) is 2.18. The fourth-order valence-corrected chi connectivity index (χ4v) is 3.22. The molecule has 0 aliphatic heterocycles. The highest BCUT2D eigenvalue weighted by Crippen LogP contribution is 2.29. The van der Waals surface area contributed by atoms with Gasteiger partial charge in [-0.1, -0.05) is 0 Å². The van der Waals surface area contributed by atoms with Gasteiger partial charge in [-0.3, -0.25) is 4.79 Å². The van der Waals surface area contributed by atoms with Crippen molar-refractivity contribution in [3.05, 3.63) is 28.0 Å². The second-order valence-corrected chi connectivity index (χ2v) is 6.73. The molecule has 94 valence electrons. The van der Waals surface area contributed by atoms with Crippen molar-refractivity contribution in [2.24, 2.45) is 0 Å². The minimum atomic E-state index is -4.12.